The van der Waals surface area contributed by atoms with Crippen LogP contribution in [-0.4, -0.2) is 33.3 Å². The standard InChI is InChI=1S/C34H50O6/c1-5-23(2)13-10-8-11-15-24(3)14-9-6-7-12-16-25(4)39-34-32(38)31-29(37)21-28(36)22-30(31)40-33(34)26-17-19-27(35)20-18-26/h17-25,33-37H,5-16H2,1-4H3/t23-,24+,25-,33+,34-/m1/s1. The number of Topliss-reactive ketones (excluding diaryl/α,β-unsaturated/α-hetero) is 1. The minimum Gasteiger partial charge on any atom is -0.508 e. The molecular weight excluding hydrogens is 504 g/mol. The number of hydrogen-bond donors (Lipinski definition) is 3. The maximum atomic E-state index is 13.5. The van der Waals surface area contributed by atoms with Gasteiger partial charge in [0.1, 0.15) is 28.6 Å². The molecule has 0 fully saturated rings. The number of phenolic OH excluding ortho intramolecular Hbond substituents is 3. The van der Waals surface area contributed by atoms with Crippen LogP contribution in [0, 0.1) is 11.8 Å². The van der Waals surface area contributed by atoms with E-state index in [1.165, 1.54) is 76.0 Å². The molecule has 2 aromatic rings. The van der Waals surface area contributed by atoms with Crippen molar-refractivity contribution < 1.29 is 29.6 Å². The first-order chi connectivity index (χ1) is 19.2. The highest BCUT2D eigenvalue weighted by atomic mass is 16.6. The van der Waals surface area contributed by atoms with Crippen LogP contribution < -0.4 is 4.74 Å². The Balaban J connectivity index is 1.44. The van der Waals surface area contributed by atoms with Crippen LogP contribution >= 0.6 is 0 Å². The number of fused-ring (bicyclic) bond motifs is 1. The quantitative estimate of drug-likeness (QED) is 0.169. The topological polar surface area (TPSA) is 96.2 Å². The lowest BCUT2D eigenvalue weighted by Gasteiger charge is -2.34. The number of ketones is 1. The summed E-state index contributed by atoms with van der Waals surface area (Å²) < 4.78 is 12.4. The van der Waals surface area contributed by atoms with Crippen molar-refractivity contribution in [3.8, 4) is 23.0 Å². The maximum absolute atomic E-state index is 13.5. The maximum Gasteiger partial charge on any atom is 0.203 e. The Morgan fingerprint density at radius 1 is 0.775 bits per heavy atom. The average Bonchev–Trinajstić information content (AvgIpc) is 2.91. The Kier molecular flexibility index (Phi) is 12.6. The summed E-state index contributed by atoms with van der Waals surface area (Å²) in [5, 5.41) is 30.0. The Morgan fingerprint density at radius 3 is 1.98 bits per heavy atom. The van der Waals surface area contributed by atoms with E-state index in [0.717, 1.165) is 37.2 Å². The molecule has 6 heteroatoms. The van der Waals surface area contributed by atoms with Gasteiger partial charge in [-0.05, 0) is 42.9 Å². The van der Waals surface area contributed by atoms with Crippen LogP contribution in [-0.2, 0) is 4.74 Å². The molecule has 0 amide bonds. The van der Waals surface area contributed by atoms with Gasteiger partial charge in [0.25, 0.3) is 0 Å². The van der Waals surface area contributed by atoms with Crippen LogP contribution in [0.25, 0.3) is 0 Å². The minimum atomic E-state index is -0.950. The SMILES string of the molecule is CC[C@@H](C)CCCCC[C@@H](C)CCCCCC[C@@H](C)O[C@@H]1C(=O)c2c(O)cc(O)cc2O[C@H]1c1ccc(O)cc1. The molecule has 2 aromatic carbocycles. The van der Waals surface area contributed by atoms with Crippen LogP contribution in [0.1, 0.15) is 127 Å². The molecule has 3 N–H and O–H groups in total. The van der Waals surface area contributed by atoms with E-state index in [0.29, 0.717) is 5.56 Å². The summed E-state index contributed by atoms with van der Waals surface area (Å²) in [6, 6.07) is 8.92. The number of rotatable bonds is 17. The molecule has 0 radical (unpaired) electrons. The molecular formula is C34H50O6. The summed E-state index contributed by atoms with van der Waals surface area (Å²) in [6.45, 7) is 8.99. The Hall–Kier alpha value is -2.73. The summed E-state index contributed by atoms with van der Waals surface area (Å²) in [6.07, 6.45) is 12.9. The van der Waals surface area contributed by atoms with Crippen molar-refractivity contribution in [1.82, 2.24) is 0 Å². The zero-order valence-corrected chi connectivity index (χ0v) is 24.9. The molecule has 5 atom stereocenters. The van der Waals surface area contributed by atoms with Gasteiger partial charge in [-0.3, -0.25) is 4.79 Å². The predicted molar refractivity (Wildman–Crippen MR) is 159 cm³/mol. The largest absolute Gasteiger partial charge is 0.508 e. The molecule has 0 unspecified atom stereocenters. The van der Waals surface area contributed by atoms with E-state index in [1.54, 1.807) is 12.1 Å². The zero-order valence-electron chi connectivity index (χ0n) is 24.9. The lowest BCUT2D eigenvalue weighted by molar-refractivity contribution is -0.0551. The number of hydrogen-bond acceptors (Lipinski definition) is 6. The van der Waals surface area contributed by atoms with E-state index < -0.39 is 12.2 Å². The lowest BCUT2D eigenvalue weighted by atomic mass is 9.92. The fourth-order valence-corrected chi connectivity index (χ4v) is 5.55. The van der Waals surface area contributed by atoms with Gasteiger partial charge in [-0.2, -0.15) is 0 Å². The molecule has 1 heterocycles. The van der Waals surface area contributed by atoms with Crippen molar-refractivity contribution in [1.29, 1.82) is 0 Å². The van der Waals surface area contributed by atoms with Crippen molar-refractivity contribution in [2.75, 3.05) is 0 Å². The van der Waals surface area contributed by atoms with E-state index in [4.69, 9.17) is 9.47 Å². The first kappa shape index (κ1) is 31.8. The number of carbonyl (C=O) groups excluding carboxylic acids is 1. The summed E-state index contributed by atoms with van der Waals surface area (Å²) in [7, 11) is 0. The Labute approximate surface area is 240 Å². The number of carbonyl (C=O) groups is 1. The third-order valence-electron chi connectivity index (χ3n) is 8.35. The van der Waals surface area contributed by atoms with Crippen molar-refractivity contribution in [2.24, 2.45) is 11.8 Å². The normalized spacial score (nSPS) is 19.1. The monoisotopic (exact) mass is 554 g/mol. The highest BCUT2D eigenvalue weighted by Gasteiger charge is 2.42. The second-order valence-electron chi connectivity index (χ2n) is 11.9. The van der Waals surface area contributed by atoms with E-state index >= 15 is 0 Å². The van der Waals surface area contributed by atoms with Gasteiger partial charge in [0.05, 0.1) is 6.10 Å². The third-order valence-corrected chi connectivity index (χ3v) is 8.35. The van der Waals surface area contributed by atoms with Gasteiger partial charge in [-0.1, -0.05) is 104 Å². The van der Waals surface area contributed by atoms with Crippen molar-refractivity contribution in [3.05, 3.63) is 47.5 Å². The smallest absolute Gasteiger partial charge is 0.203 e. The van der Waals surface area contributed by atoms with Crippen LogP contribution in [0.5, 0.6) is 23.0 Å². The van der Waals surface area contributed by atoms with Crippen LogP contribution in [0.2, 0.25) is 0 Å². The molecule has 6 nitrogen and oxygen atoms in total. The highest BCUT2D eigenvalue weighted by molar-refractivity contribution is 6.05. The van der Waals surface area contributed by atoms with Crippen molar-refractivity contribution >= 4 is 5.78 Å². The summed E-state index contributed by atoms with van der Waals surface area (Å²) in [4.78, 5) is 13.5. The van der Waals surface area contributed by atoms with Crippen LogP contribution in [0.3, 0.4) is 0 Å². The fraction of sp³-hybridized carbons (Fsp3) is 0.618. The van der Waals surface area contributed by atoms with Gasteiger partial charge in [-0.25, -0.2) is 0 Å². The average molecular weight is 555 g/mol. The van der Waals surface area contributed by atoms with Gasteiger partial charge in [-0.15, -0.1) is 0 Å². The van der Waals surface area contributed by atoms with E-state index in [1.807, 2.05) is 6.92 Å². The van der Waals surface area contributed by atoms with Crippen LogP contribution in [0.15, 0.2) is 36.4 Å². The highest BCUT2D eigenvalue weighted by Crippen LogP contribution is 2.43. The van der Waals surface area contributed by atoms with E-state index in [-0.39, 0.29) is 40.4 Å². The number of unbranched alkanes of at least 4 members (excludes halogenated alkanes) is 5. The molecule has 0 saturated heterocycles. The van der Waals surface area contributed by atoms with Gasteiger partial charge in [0, 0.05) is 12.1 Å². The molecule has 0 bridgehead atoms. The lowest BCUT2D eigenvalue weighted by Crippen LogP contribution is -2.40. The van der Waals surface area contributed by atoms with Crippen molar-refractivity contribution in [2.45, 2.75) is 123 Å². The number of aromatic hydroxyl groups is 3. The number of benzene rings is 2. The molecule has 0 spiro atoms. The van der Waals surface area contributed by atoms with Gasteiger partial charge in [0.15, 0.2) is 12.2 Å². The molecule has 0 aliphatic carbocycles. The second-order valence-corrected chi connectivity index (χ2v) is 11.9. The summed E-state index contributed by atoms with van der Waals surface area (Å²) >= 11 is 0. The summed E-state index contributed by atoms with van der Waals surface area (Å²) in [5.74, 6) is 0.993. The third kappa shape index (κ3) is 9.43. The Bertz CT molecular complexity index is 1050. The predicted octanol–water partition coefficient (Wildman–Crippen LogP) is 8.87. The summed E-state index contributed by atoms with van der Waals surface area (Å²) in [5.41, 5.74) is 0.691. The van der Waals surface area contributed by atoms with Gasteiger partial charge in [0.2, 0.25) is 5.78 Å². The second kappa shape index (κ2) is 15.9. The number of ether oxygens (including phenoxy) is 2. The first-order valence-electron chi connectivity index (χ1n) is 15.4. The van der Waals surface area contributed by atoms with E-state index in [2.05, 4.69) is 20.8 Å². The molecule has 222 valence electrons. The van der Waals surface area contributed by atoms with Crippen molar-refractivity contribution in [3.63, 3.8) is 0 Å². The number of phenols is 3. The molecule has 1 aliphatic rings. The van der Waals surface area contributed by atoms with Gasteiger partial charge < -0.3 is 24.8 Å². The Morgan fingerprint density at radius 2 is 1.35 bits per heavy atom. The first-order valence-corrected chi connectivity index (χ1v) is 15.4. The van der Waals surface area contributed by atoms with E-state index in [9.17, 15) is 20.1 Å². The molecule has 3 rings (SSSR count). The fourth-order valence-electron chi connectivity index (χ4n) is 5.55. The van der Waals surface area contributed by atoms with Crippen LogP contribution in [0.4, 0.5) is 0 Å². The zero-order chi connectivity index (χ0) is 29.1. The molecule has 0 aromatic heterocycles. The molecule has 0 saturated carbocycles. The molecule has 40 heavy (non-hydrogen) atoms. The molecule has 1 aliphatic heterocycles. The minimum absolute atomic E-state index is 0.0228. The van der Waals surface area contributed by atoms with Gasteiger partial charge >= 0.3 is 0 Å².